The zero-order valence-corrected chi connectivity index (χ0v) is 13.0. The molecule has 1 unspecified atom stereocenters. The number of benzene rings is 1. The molecule has 0 bridgehead atoms. The van der Waals surface area contributed by atoms with Crippen LogP contribution < -0.4 is 10.6 Å². The molecule has 0 aromatic heterocycles. The maximum Gasteiger partial charge on any atom is 0.271 e. The van der Waals surface area contributed by atoms with E-state index in [4.69, 9.17) is 0 Å². The van der Waals surface area contributed by atoms with Crippen molar-refractivity contribution in [1.82, 2.24) is 5.32 Å². The molecule has 2 fully saturated rings. The summed E-state index contributed by atoms with van der Waals surface area (Å²) in [6.45, 7) is 1.93. The third-order valence-electron chi connectivity index (χ3n) is 4.52. The van der Waals surface area contributed by atoms with Crippen molar-refractivity contribution < 1.29 is 9.72 Å². The predicted octanol–water partition coefficient (Wildman–Crippen LogP) is 2.69. The van der Waals surface area contributed by atoms with Crippen molar-refractivity contribution in [3.8, 4) is 0 Å². The van der Waals surface area contributed by atoms with Gasteiger partial charge in [-0.25, -0.2) is 0 Å². The molecule has 1 heterocycles. The second-order valence-corrected chi connectivity index (χ2v) is 6.63. The molecule has 21 heavy (non-hydrogen) atoms. The molecule has 1 amide bonds. The molecule has 3 rings (SSSR count). The molecular weight excluding hydrogens is 338 g/mol. The van der Waals surface area contributed by atoms with Crippen LogP contribution >= 0.6 is 15.9 Å². The van der Waals surface area contributed by atoms with Gasteiger partial charge in [-0.2, -0.15) is 0 Å². The van der Waals surface area contributed by atoms with Crippen LogP contribution in [0.3, 0.4) is 0 Å². The first-order chi connectivity index (χ1) is 10.0. The van der Waals surface area contributed by atoms with E-state index in [1.807, 2.05) is 0 Å². The van der Waals surface area contributed by atoms with Gasteiger partial charge in [0.2, 0.25) is 5.91 Å². The molecule has 2 N–H and O–H groups in total. The van der Waals surface area contributed by atoms with E-state index < -0.39 is 4.92 Å². The largest absolute Gasteiger partial charge is 0.325 e. The Balaban J connectivity index is 1.71. The van der Waals surface area contributed by atoms with Crippen LogP contribution in [0.1, 0.15) is 19.3 Å². The monoisotopic (exact) mass is 353 g/mol. The first-order valence-electron chi connectivity index (χ1n) is 6.97. The Kier molecular flexibility index (Phi) is 3.71. The third-order valence-corrected chi connectivity index (χ3v) is 5.22. The summed E-state index contributed by atoms with van der Waals surface area (Å²) in [5.41, 5.74) is 0.591. The van der Waals surface area contributed by atoms with Crippen LogP contribution in [0.2, 0.25) is 0 Å². The summed E-state index contributed by atoms with van der Waals surface area (Å²) in [7, 11) is 0. The quantitative estimate of drug-likeness (QED) is 0.646. The number of carbonyl (C=O) groups excluding carboxylic acids is 1. The fraction of sp³-hybridized carbons (Fsp3) is 0.500. The lowest BCUT2D eigenvalue weighted by Crippen LogP contribution is -2.31. The Morgan fingerprint density at radius 2 is 2.14 bits per heavy atom. The van der Waals surface area contributed by atoms with Crippen molar-refractivity contribution in [2.45, 2.75) is 19.3 Å². The summed E-state index contributed by atoms with van der Waals surface area (Å²) in [6, 6.07) is 4.38. The number of rotatable bonds is 3. The predicted molar refractivity (Wildman–Crippen MR) is 82.1 cm³/mol. The molecule has 6 nitrogen and oxygen atoms in total. The fourth-order valence-electron chi connectivity index (χ4n) is 3.14. The number of carbonyl (C=O) groups is 1. The van der Waals surface area contributed by atoms with Crippen molar-refractivity contribution >= 4 is 33.2 Å². The maximum atomic E-state index is 12.4. The highest BCUT2D eigenvalue weighted by Gasteiger charge is 2.57. The number of non-ortho nitro benzene ring substituents is 1. The van der Waals surface area contributed by atoms with E-state index in [0.717, 1.165) is 32.4 Å². The number of hydrogen-bond donors (Lipinski definition) is 2. The summed E-state index contributed by atoms with van der Waals surface area (Å²) in [6.07, 6.45) is 2.98. The van der Waals surface area contributed by atoms with E-state index in [1.54, 1.807) is 6.07 Å². The minimum absolute atomic E-state index is 0.0270. The highest BCUT2D eigenvalue weighted by atomic mass is 79.9. The van der Waals surface area contributed by atoms with E-state index in [0.29, 0.717) is 10.2 Å². The number of piperidine rings is 1. The second-order valence-electron chi connectivity index (χ2n) is 5.78. The molecular formula is C14H16BrN3O3. The standard InChI is InChI=1S/C14H16BrN3O3/c15-11-2-1-9(18(20)21)7-12(11)17-13(19)10-8-14(10)3-5-16-6-4-14/h1-2,7,10,16H,3-6,8H2,(H,17,19). The lowest BCUT2D eigenvalue weighted by Gasteiger charge is -2.23. The van der Waals surface area contributed by atoms with Crippen molar-refractivity contribution in [2.24, 2.45) is 11.3 Å². The SMILES string of the molecule is O=C(Nc1cc([N+](=O)[O-])ccc1Br)C1CC12CCNCC2. The highest BCUT2D eigenvalue weighted by Crippen LogP contribution is 2.58. The molecule has 1 aliphatic heterocycles. The van der Waals surface area contributed by atoms with Crippen molar-refractivity contribution in [2.75, 3.05) is 18.4 Å². The number of nitro benzene ring substituents is 1. The average Bonchev–Trinajstić information content (AvgIpc) is 3.15. The molecule has 2 aliphatic rings. The molecule has 7 heteroatoms. The average molecular weight is 354 g/mol. The van der Waals surface area contributed by atoms with Crippen LogP contribution in [-0.4, -0.2) is 23.9 Å². The van der Waals surface area contributed by atoms with Gasteiger partial charge in [0.05, 0.1) is 10.6 Å². The van der Waals surface area contributed by atoms with Gasteiger partial charge in [0.1, 0.15) is 0 Å². The van der Waals surface area contributed by atoms with Crippen LogP contribution in [0.25, 0.3) is 0 Å². The van der Waals surface area contributed by atoms with Gasteiger partial charge in [0, 0.05) is 22.5 Å². The summed E-state index contributed by atoms with van der Waals surface area (Å²) in [4.78, 5) is 22.7. The molecule has 1 saturated heterocycles. The summed E-state index contributed by atoms with van der Waals surface area (Å²) >= 11 is 3.32. The Morgan fingerprint density at radius 3 is 2.81 bits per heavy atom. The fourth-order valence-corrected chi connectivity index (χ4v) is 3.48. The van der Waals surface area contributed by atoms with Gasteiger partial charge in [-0.1, -0.05) is 0 Å². The number of hydrogen-bond acceptors (Lipinski definition) is 4. The zero-order chi connectivity index (χ0) is 15.0. The molecule has 1 saturated carbocycles. The van der Waals surface area contributed by atoms with Crippen LogP contribution in [0.4, 0.5) is 11.4 Å². The van der Waals surface area contributed by atoms with Crippen LogP contribution in [-0.2, 0) is 4.79 Å². The number of anilines is 1. The summed E-state index contributed by atoms with van der Waals surface area (Å²) < 4.78 is 0.654. The summed E-state index contributed by atoms with van der Waals surface area (Å²) in [5.74, 6) is 0.00357. The number of nitrogens with one attached hydrogen (secondary N) is 2. The number of amides is 1. The zero-order valence-electron chi connectivity index (χ0n) is 11.4. The minimum Gasteiger partial charge on any atom is -0.325 e. The van der Waals surface area contributed by atoms with Crippen molar-refractivity contribution in [1.29, 1.82) is 0 Å². The molecule has 1 aromatic carbocycles. The van der Waals surface area contributed by atoms with E-state index in [1.165, 1.54) is 12.1 Å². The Bertz CT molecular complexity index is 599. The minimum atomic E-state index is -0.465. The second kappa shape index (κ2) is 5.38. The summed E-state index contributed by atoms with van der Waals surface area (Å²) in [5, 5.41) is 16.9. The third kappa shape index (κ3) is 2.80. The van der Waals surface area contributed by atoms with E-state index in [-0.39, 0.29) is 22.9 Å². The Morgan fingerprint density at radius 1 is 1.43 bits per heavy atom. The van der Waals surface area contributed by atoms with Crippen molar-refractivity contribution in [3.05, 3.63) is 32.8 Å². The topological polar surface area (TPSA) is 84.3 Å². The molecule has 0 radical (unpaired) electrons. The first-order valence-corrected chi connectivity index (χ1v) is 7.77. The lowest BCUT2D eigenvalue weighted by atomic mass is 9.92. The molecule has 112 valence electrons. The smallest absolute Gasteiger partial charge is 0.271 e. The van der Waals surface area contributed by atoms with Gasteiger partial charge < -0.3 is 10.6 Å². The highest BCUT2D eigenvalue weighted by molar-refractivity contribution is 9.10. The van der Waals surface area contributed by atoms with Crippen LogP contribution in [0, 0.1) is 21.4 Å². The molecule has 1 aromatic rings. The number of halogens is 1. The Hall–Kier alpha value is -1.47. The van der Waals surface area contributed by atoms with Gasteiger partial charge in [-0.05, 0) is 59.8 Å². The Labute approximate surface area is 130 Å². The van der Waals surface area contributed by atoms with Gasteiger partial charge in [0.25, 0.3) is 5.69 Å². The maximum absolute atomic E-state index is 12.4. The molecule has 1 spiro atoms. The first kappa shape index (κ1) is 14.5. The van der Waals surface area contributed by atoms with E-state index in [9.17, 15) is 14.9 Å². The van der Waals surface area contributed by atoms with Crippen LogP contribution in [0.15, 0.2) is 22.7 Å². The van der Waals surface area contributed by atoms with E-state index in [2.05, 4.69) is 26.6 Å². The number of nitrogens with zero attached hydrogens (tertiary/aromatic N) is 1. The van der Waals surface area contributed by atoms with Gasteiger partial charge >= 0.3 is 0 Å². The van der Waals surface area contributed by atoms with Gasteiger partial charge in [0.15, 0.2) is 0 Å². The van der Waals surface area contributed by atoms with Crippen LogP contribution in [0.5, 0.6) is 0 Å². The molecule has 1 aliphatic carbocycles. The van der Waals surface area contributed by atoms with E-state index >= 15 is 0 Å². The van der Waals surface area contributed by atoms with Gasteiger partial charge in [-0.3, -0.25) is 14.9 Å². The molecule has 1 atom stereocenters. The number of nitro groups is 1. The van der Waals surface area contributed by atoms with Gasteiger partial charge in [-0.15, -0.1) is 0 Å². The normalized spacial score (nSPS) is 22.8. The lowest BCUT2D eigenvalue weighted by molar-refractivity contribution is -0.384. The van der Waals surface area contributed by atoms with Crippen molar-refractivity contribution in [3.63, 3.8) is 0 Å².